The molecule has 0 spiro atoms. The number of carbonyl (C=O) groups excluding carboxylic acids is 1. The molecule has 1 aliphatic rings. The number of carbonyl (C=O) groups is 1. The molecule has 0 saturated carbocycles. The predicted molar refractivity (Wildman–Crippen MR) is 116 cm³/mol. The molecule has 158 valence electrons. The van der Waals surface area contributed by atoms with Gasteiger partial charge in [0.05, 0.1) is 32.0 Å². The van der Waals surface area contributed by atoms with Crippen LogP contribution in [0, 0.1) is 0 Å². The number of likely N-dealkylation sites (N-methyl/N-ethyl adjacent to an activating group) is 1. The number of nitrogens with one attached hydrogen (secondary N) is 2. The molecule has 2 N–H and O–H groups in total. The van der Waals surface area contributed by atoms with Crippen molar-refractivity contribution in [2.45, 2.75) is 6.42 Å². The van der Waals surface area contributed by atoms with E-state index in [0.717, 1.165) is 50.1 Å². The number of ether oxygens (including phenoxy) is 2. The van der Waals surface area contributed by atoms with Crippen molar-refractivity contribution in [1.29, 1.82) is 0 Å². The van der Waals surface area contributed by atoms with E-state index in [9.17, 15) is 4.79 Å². The monoisotopic (exact) mass is 419 g/mol. The number of rotatable bonds is 9. The summed E-state index contributed by atoms with van der Waals surface area (Å²) in [5, 5.41) is 9.01. The molecule has 0 radical (unpaired) electrons. The highest BCUT2D eigenvalue weighted by Crippen LogP contribution is 2.29. The van der Waals surface area contributed by atoms with Gasteiger partial charge in [-0.15, -0.1) is 11.3 Å². The van der Waals surface area contributed by atoms with Crippen molar-refractivity contribution in [3.63, 3.8) is 0 Å². The van der Waals surface area contributed by atoms with Gasteiger partial charge in [0, 0.05) is 50.7 Å². The fraction of sp³-hybridized carbons (Fsp3) is 0.500. The molecule has 1 saturated heterocycles. The lowest BCUT2D eigenvalue weighted by Gasteiger charge is -2.32. The fourth-order valence-corrected chi connectivity index (χ4v) is 3.86. The van der Waals surface area contributed by atoms with Crippen LogP contribution in [0.4, 0.5) is 10.8 Å². The van der Waals surface area contributed by atoms with Gasteiger partial charge in [-0.05, 0) is 19.2 Å². The number of piperazine rings is 1. The molecule has 1 aromatic carbocycles. The summed E-state index contributed by atoms with van der Waals surface area (Å²) in [6.07, 6.45) is 0.214. The highest BCUT2D eigenvalue weighted by atomic mass is 32.1. The van der Waals surface area contributed by atoms with Crippen molar-refractivity contribution in [3.8, 4) is 11.5 Å². The molecule has 1 amide bonds. The lowest BCUT2D eigenvalue weighted by atomic mass is 10.2. The quantitative estimate of drug-likeness (QED) is 0.644. The molecule has 0 bridgehead atoms. The van der Waals surface area contributed by atoms with E-state index in [0.29, 0.717) is 17.2 Å². The number of nitrogens with zero attached hydrogens (tertiary/aromatic N) is 3. The van der Waals surface area contributed by atoms with Crippen molar-refractivity contribution >= 4 is 28.1 Å². The van der Waals surface area contributed by atoms with Gasteiger partial charge in [0.15, 0.2) is 5.13 Å². The molecule has 0 unspecified atom stereocenters. The SMILES string of the molecule is COc1ccc(NC(=O)Cc2csc(NCCN3CCN(C)CC3)n2)c(OC)c1. The standard InChI is InChI=1S/C20H29N5O3S/c1-24-8-10-25(11-9-24)7-6-21-20-22-15(14-29-20)12-19(26)23-17-5-4-16(27-2)13-18(17)28-3/h4-5,13-14H,6-12H2,1-3H3,(H,21,22)(H,23,26). The Kier molecular flexibility index (Phi) is 7.68. The Morgan fingerprint density at radius 3 is 2.72 bits per heavy atom. The Balaban J connectivity index is 1.45. The summed E-state index contributed by atoms with van der Waals surface area (Å²) >= 11 is 1.53. The molecule has 9 heteroatoms. The third-order valence-electron chi connectivity index (χ3n) is 4.88. The van der Waals surface area contributed by atoms with Crippen LogP contribution in [0.25, 0.3) is 0 Å². The first kappa shape index (κ1) is 21.4. The number of amides is 1. The van der Waals surface area contributed by atoms with Crippen molar-refractivity contribution in [2.75, 3.05) is 71.2 Å². The zero-order valence-electron chi connectivity index (χ0n) is 17.2. The van der Waals surface area contributed by atoms with Crippen LogP contribution in [-0.4, -0.2) is 81.2 Å². The van der Waals surface area contributed by atoms with Crippen LogP contribution in [0.3, 0.4) is 0 Å². The second kappa shape index (κ2) is 10.4. The Labute approximate surface area is 175 Å². The lowest BCUT2D eigenvalue weighted by Crippen LogP contribution is -2.45. The van der Waals surface area contributed by atoms with Gasteiger partial charge in [-0.3, -0.25) is 9.69 Å². The summed E-state index contributed by atoms with van der Waals surface area (Å²) in [6, 6.07) is 5.28. The molecule has 8 nitrogen and oxygen atoms in total. The molecular weight excluding hydrogens is 390 g/mol. The van der Waals surface area contributed by atoms with E-state index in [1.165, 1.54) is 11.3 Å². The molecule has 1 aliphatic heterocycles. The van der Waals surface area contributed by atoms with Crippen molar-refractivity contribution < 1.29 is 14.3 Å². The van der Waals surface area contributed by atoms with E-state index < -0.39 is 0 Å². The van der Waals surface area contributed by atoms with Gasteiger partial charge in [-0.2, -0.15) is 0 Å². The van der Waals surface area contributed by atoms with Gasteiger partial charge in [0.2, 0.25) is 5.91 Å². The van der Waals surface area contributed by atoms with Crippen LogP contribution in [0.1, 0.15) is 5.69 Å². The van der Waals surface area contributed by atoms with Crippen LogP contribution >= 0.6 is 11.3 Å². The zero-order valence-corrected chi connectivity index (χ0v) is 18.1. The maximum absolute atomic E-state index is 12.4. The molecule has 29 heavy (non-hydrogen) atoms. The van der Waals surface area contributed by atoms with Crippen LogP contribution in [0.2, 0.25) is 0 Å². The van der Waals surface area contributed by atoms with Gasteiger partial charge >= 0.3 is 0 Å². The van der Waals surface area contributed by atoms with Gasteiger partial charge in [-0.25, -0.2) is 4.98 Å². The minimum atomic E-state index is -0.136. The summed E-state index contributed by atoms with van der Waals surface area (Å²) in [5.74, 6) is 1.09. The van der Waals surface area contributed by atoms with E-state index >= 15 is 0 Å². The molecular formula is C20H29N5O3S. The van der Waals surface area contributed by atoms with Gasteiger partial charge in [0.1, 0.15) is 11.5 Å². The molecule has 3 rings (SSSR count). The second-order valence-corrected chi connectivity index (χ2v) is 7.86. The normalized spacial score (nSPS) is 15.1. The number of benzene rings is 1. The fourth-order valence-electron chi connectivity index (χ4n) is 3.12. The van der Waals surface area contributed by atoms with E-state index in [4.69, 9.17) is 9.47 Å². The average molecular weight is 420 g/mol. The number of hydrogen-bond donors (Lipinski definition) is 2. The highest BCUT2D eigenvalue weighted by Gasteiger charge is 2.14. The first-order valence-electron chi connectivity index (χ1n) is 9.68. The number of methoxy groups -OCH3 is 2. The third-order valence-corrected chi connectivity index (χ3v) is 5.73. The van der Waals surface area contributed by atoms with E-state index in [-0.39, 0.29) is 12.3 Å². The molecule has 1 fully saturated rings. The summed E-state index contributed by atoms with van der Waals surface area (Å²) in [5.41, 5.74) is 1.36. The van der Waals surface area contributed by atoms with Gasteiger partial charge in [0.25, 0.3) is 0 Å². The Morgan fingerprint density at radius 1 is 1.21 bits per heavy atom. The first-order valence-corrected chi connectivity index (χ1v) is 10.6. The maximum Gasteiger partial charge on any atom is 0.230 e. The lowest BCUT2D eigenvalue weighted by molar-refractivity contribution is -0.115. The van der Waals surface area contributed by atoms with E-state index in [1.54, 1.807) is 32.4 Å². The minimum absolute atomic E-state index is 0.136. The Bertz CT molecular complexity index is 805. The van der Waals surface area contributed by atoms with Gasteiger partial charge < -0.3 is 25.0 Å². The van der Waals surface area contributed by atoms with E-state index in [1.807, 2.05) is 5.38 Å². The highest BCUT2D eigenvalue weighted by molar-refractivity contribution is 7.13. The molecule has 2 heterocycles. The summed E-state index contributed by atoms with van der Waals surface area (Å²) in [6.45, 7) is 6.31. The van der Waals surface area contributed by atoms with Crippen molar-refractivity contribution in [3.05, 3.63) is 29.3 Å². The molecule has 0 atom stereocenters. The third kappa shape index (κ3) is 6.31. The summed E-state index contributed by atoms with van der Waals surface area (Å²) in [7, 11) is 5.31. The van der Waals surface area contributed by atoms with Crippen LogP contribution in [0.5, 0.6) is 11.5 Å². The summed E-state index contributed by atoms with van der Waals surface area (Å²) < 4.78 is 10.5. The van der Waals surface area contributed by atoms with E-state index in [2.05, 4.69) is 32.5 Å². The number of aromatic nitrogens is 1. The Hall–Kier alpha value is -2.36. The summed E-state index contributed by atoms with van der Waals surface area (Å²) in [4.78, 5) is 21.7. The maximum atomic E-state index is 12.4. The van der Waals surface area contributed by atoms with Crippen LogP contribution < -0.4 is 20.1 Å². The molecule has 1 aromatic heterocycles. The van der Waals surface area contributed by atoms with Crippen LogP contribution in [0.15, 0.2) is 23.6 Å². The second-order valence-electron chi connectivity index (χ2n) is 7.01. The largest absolute Gasteiger partial charge is 0.497 e. The van der Waals surface area contributed by atoms with Gasteiger partial charge in [-0.1, -0.05) is 0 Å². The van der Waals surface area contributed by atoms with Crippen molar-refractivity contribution in [1.82, 2.24) is 14.8 Å². The molecule has 0 aliphatic carbocycles. The average Bonchev–Trinajstić information content (AvgIpc) is 3.16. The number of thiazole rings is 1. The molecule has 2 aromatic rings. The zero-order chi connectivity index (χ0) is 20.6. The number of anilines is 2. The smallest absolute Gasteiger partial charge is 0.230 e. The number of hydrogen-bond acceptors (Lipinski definition) is 8. The Morgan fingerprint density at radius 2 is 2.00 bits per heavy atom. The van der Waals surface area contributed by atoms with Crippen LogP contribution in [-0.2, 0) is 11.2 Å². The predicted octanol–water partition coefficient (Wildman–Crippen LogP) is 2.00. The minimum Gasteiger partial charge on any atom is -0.497 e. The topological polar surface area (TPSA) is 79.0 Å². The van der Waals surface area contributed by atoms with Crippen molar-refractivity contribution in [2.24, 2.45) is 0 Å². The first-order chi connectivity index (χ1) is 14.1.